The summed E-state index contributed by atoms with van der Waals surface area (Å²) in [5.41, 5.74) is 2.50. The Morgan fingerprint density at radius 2 is 1.76 bits per heavy atom. The number of allylic oxidation sites excluding steroid dienone is 2. The number of rotatable bonds is 4. The molecular weight excluding hydrogens is 321 g/mol. The van der Waals surface area contributed by atoms with E-state index in [1.54, 1.807) is 0 Å². The van der Waals surface area contributed by atoms with E-state index < -0.39 is 18.8 Å². The average molecular weight is 348 g/mol. The molecule has 25 heavy (non-hydrogen) atoms. The summed E-state index contributed by atoms with van der Waals surface area (Å²) in [6.07, 6.45) is 11.5. The van der Waals surface area contributed by atoms with Crippen molar-refractivity contribution in [1.82, 2.24) is 0 Å². The van der Waals surface area contributed by atoms with Crippen molar-refractivity contribution in [2.45, 2.75) is 77.0 Å². The predicted octanol–water partition coefficient (Wildman–Crippen LogP) is 4.21. The first-order chi connectivity index (χ1) is 12.1. The molecule has 0 aromatic heterocycles. The number of benzene rings is 1. The lowest BCUT2D eigenvalue weighted by molar-refractivity contribution is 0.415. The van der Waals surface area contributed by atoms with E-state index in [4.69, 9.17) is 0 Å². The highest BCUT2D eigenvalue weighted by atomic mass is 19.2. The molecule has 2 N–H and O–H groups in total. The lowest BCUT2D eigenvalue weighted by atomic mass is 9.68. The molecule has 136 valence electrons. The molecule has 0 heterocycles. The van der Waals surface area contributed by atoms with Crippen molar-refractivity contribution in [3.8, 4) is 0 Å². The van der Waals surface area contributed by atoms with Gasteiger partial charge in [0.1, 0.15) is 0 Å². The zero-order valence-electron chi connectivity index (χ0n) is 15.0. The van der Waals surface area contributed by atoms with Gasteiger partial charge in [-0.3, -0.25) is 0 Å². The summed E-state index contributed by atoms with van der Waals surface area (Å²) < 4.78 is 29.8. The third kappa shape index (κ3) is 3.54. The SMILES string of the molecule is CCc1c(B(O)O)c(F)c(F)c(C2=CCCCC2)c1C1CCCCC1. The minimum Gasteiger partial charge on any atom is -0.423 e. The first kappa shape index (κ1) is 18.6. The Hall–Kier alpha value is -1.20. The zero-order valence-corrected chi connectivity index (χ0v) is 15.0. The number of hydrogen-bond acceptors (Lipinski definition) is 2. The molecule has 2 aliphatic rings. The van der Waals surface area contributed by atoms with Gasteiger partial charge < -0.3 is 10.0 Å². The smallest absolute Gasteiger partial charge is 0.423 e. The Labute approximate surface area is 149 Å². The van der Waals surface area contributed by atoms with Crippen LogP contribution in [0.3, 0.4) is 0 Å². The molecule has 0 bridgehead atoms. The topological polar surface area (TPSA) is 40.5 Å². The molecule has 0 saturated heterocycles. The van der Waals surface area contributed by atoms with E-state index in [1.165, 1.54) is 6.42 Å². The monoisotopic (exact) mass is 348 g/mol. The van der Waals surface area contributed by atoms with Gasteiger partial charge in [0.15, 0.2) is 11.6 Å². The minimum atomic E-state index is -1.99. The molecule has 5 heteroatoms. The standard InChI is InChI=1S/C20H27BF2O2/c1-2-15-16(13-9-5-3-6-10-13)17(14-11-7-4-8-12-14)19(22)20(23)18(15)21(24)25/h11,13,24-25H,2-10,12H2,1H3. The lowest BCUT2D eigenvalue weighted by Crippen LogP contribution is -2.39. The summed E-state index contributed by atoms with van der Waals surface area (Å²) in [6, 6.07) is 0. The molecule has 1 saturated carbocycles. The third-order valence-electron chi connectivity index (χ3n) is 5.81. The average Bonchev–Trinajstić information content (AvgIpc) is 2.64. The lowest BCUT2D eigenvalue weighted by Gasteiger charge is -2.30. The van der Waals surface area contributed by atoms with Gasteiger partial charge in [-0.1, -0.05) is 32.3 Å². The van der Waals surface area contributed by atoms with Crippen LogP contribution >= 0.6 is 0 Å². The van der Waals surface area contributed by atoms with E-state index in [-0.39, 0.29) is 11.4 Å². The fraction of sp³-hybridized carbons (Fsp3) is 0.600. The Morgan fingerprint density at radius 3 is 2.32 bits per heavy atom. The summed E-state index contributed by atoms with van der Waals surface area (Å²) in [7, 11) is -1.99. The van der Waals surface area contributed by atoms with Crippen LogP contribution in [0.1, 0.15) is 87.3 Å². The van der Waals surface area contributed by atoms with E-state index in [1.807, 2.05) is 13.0 Å². The van der Waals surface area contributed by atoms with Gasteiger partial charge in [0.2, 0.25) is 0 Å². The first-order valence-electron chi connectivity index (χ1n) is 9.65. The molecule has 0 spiro atoms. The van der Waals surface area contributed by atoms with E-state index >= 15 is 4.39 Å². The van der Waals surface area contributed by atoms with Crippen molar-refractivity contribution < 1.29 is 18.8 Å². The highest BCUT2D eigenvalue weighted by Gasteiger charge is 2.34. The molecule has 3 rings (SSSR count). The second kappa shape index (κ2) is 8.00. The number of hydrogen-bond donors (Lipinski definition) is 2. The van der Waals surface area contributed by atoms with Gasteiger partial charge in [0.25, 0.3) is 0 Å². The Kier molecular flexibility index (Phi) is 5.95. The highest BCUT2D eigenvalue weighted by molar-refractivity contribution is 6.59. The molecule has 0 amide bonds. The van der Waals surface area contributed by atoms with Gasteiger partial charge in [-0.2, -0.15) is 0 Å². The Balaban J connectivity index is 2.27. The van der Waals surface area contributed by atoms with Crippen LogP contribution in [0.25, 0.3) is 5.57 Å². The van der Waals surface area contributed by atoms with Crippen molar-refractivity contribution in [3.05, 3.63) is 34.4 Å². The van der Waals surface area contributed by atoms with Crippen LogP contribution in [0.4, 0.5) is 8.78 Å². The van der Waals surface area contributed by atoms with Gasteiger partial charge in [0, 0.05) is 11.0 Å². The molecule has 1 aromatic rings. The summed E-state index contributed by atoms with van der Waals surface area (Å²) in [4.78, 5) is 0. The second-order valence-electron chi connectivity index (χ2n) is 7.35. The normalized spacial score (nSPS) is 19.0. The molecule has 0 aliphatic heterocycles. The van der Waals surface area contributed by atoms with Gasteiger partial charge in [0.05, 0.1) is 0 Å². The van der Waals surface area contributed by atoms with Gasteiger partial charge in [-0.15, -0.1) is 0 Å². The molecule has 1 aromatic carbocycles. The maximum atomic E-state index is 15.1. The van der Waals surface area contributed by atoms with Gasteiger partial charge >= 0.3 is 7.12 Å². The van der Waals surface area contributed by atoms with Crippen molar-refractivity contribution in [2.75, 3.05) is 0 Å². The van der Waals surface area contributed by atoms with Crippen LogP contribution in [0.5, 0.6) is 0 Å². The summed E-state index contributed by atoms with van der Waals surface area (Å²) in [5, 5.41) is 19.4. The molecular formula is C20H27BF2O2. The van der Waals surface area contributed by atoms with Crippen LogP contribution in [-0.2, 0) is 6.42 Å². The van der Waals surface area contributed by atoms with Crippen molar-refractivity contribution in [2.24, 2.45) is 0 Å². The molecule has 0 unspecified atom stereocenters. The third-order valence-corrected chi connectivity index (χ3v) is 5.81. The van der Waals surface area contributed by atoms with Crippen LogP contribution in [-0.4, -0.2) is 17.2 Å². The fourth-order valence-corrected chi connectivity index (χ4v) is 4.65. The predicted molar refractivity (Wildman–Crippen MR) is 97.8 cm³/mol. The van der Waals surface area contributed by atoms with E-state index in [2.05, 4.69) is 0 Å². The Bertz CT molecular complexity index is 664. The molecule has 2 nitrogen and oxygen atoms in total. The van der Waals surface area contributed by atoms with E-state index in [0.717, 1.165) is 62.5 Å². The van der Waals surface area contributed by atoms with Crippen LogP contribution in [0.2, 0.25) is 0 Å². The molecule has 2 aliphatic carbocycles. The fourth-order valence-electron chi connectivity index (χ4n) is 4.65. The van der Waals surface area contributed by atoms with Crippen LogP contribution in [0, 0.1) is 11.6 Å². The summed E-state index contributed by atoms with van der Waals surface area (Å²) in [5.74, 6) is -1.81. The maximum absolute atomic E-state index is 15.1. The molecule has 0 radical (unpaired) electrons. The largest absolute Gasteiger partial charge is 0.491 e. The molecule has 0 atom stereocenters. The molecule has 1 fully saturated rings. The maximum Gasteiger partial charge on any atom is 0.491 e. The summed E-state index contributed by atoms with van der Waals surface area (Å²) in [6.45, 7) is 1.88. The van der Waals surface area contributed by atoms with Crippen LogP contribution in [0.15, 0.2) is 6.08 Å². The van der Waals surface area contributed by atoms with E-state index in [0.29, 0.717) is 17.5 Å². The van der Waals surface area contributed by atoms with Gasteiger partial charge in [-0.05, 0) is 67.6 Å². The zero-order chi connectivity index (χ0) is 18.0. The van der Waals surface area contributed by atoms with Gasteiger partial charge in [-0.25, -0.2) is 8.78 Å². The quantitative estimate of drug-likeness (QED) is 0.800. The first-order valence-corrected chi connectivity index (χ1v) is 9.65. The van der Waals surface area contributed by atoms with E-state index in [9.17, 15) is 14.4 Å². The second-order valence-corrected chi connectivity index (χ2v) is 7.35. The van der Waals surface area contributed by atoms with Crippen molar-refractivity contribution >= 4 is 18.2 Å². The summed E-state index contributed by atoms with van der Waals surface area (Å²) >= 11 is 0. The highest BCUT2D eigenvalue weighted by Crippen LogP contribution is 2.42. The Morgan fingerprint density at radius 1 is 1.04 bits per heavy atom. The number of halogens is 2. The van der Waals surface area contributed by atoms with Crippen LogP contribution < -0.4 is 5.46 Å². The minimum absolute atomic E-state index is 0.175. The van der Waals surface area contributed by atoms with Crippen molar-refractivity contribution in [1.29, 1.82) is 0 Å². The van der Waals surface area contributed by atoms with Crippen molar-refractivity contribution in [3.63, 3.8) is 0 Å².